The van der Waals surface area contributed by atoms with Crippen molar-refractivity contribution >= 4 is 41.6 Å². The van der Waals surface area contributed by atoms with Crippen molar-refractivity contribution in [1.82, 2.24) is 10.3 Å². The number of fused-ring (bicyclic) bond motifs is 1. The molecular formula is C26H28Cl2F2N4O. The Morgan fingerprint density at radius 1 is 0.886 bits per heavy atom. The summed E-state index contributed by atoms with van der Waals surface area (Å²) in [5, 5.41) is 3.70. The number of H-pyrrole nitrogens is 1. The fraction of sp³-hybridized carbons (Fsp3) is 0.192. The molecule has 0 aliphatic rings. The van der Waals surface area contributed by atoms with Gasteiger partial charge in [-0.3, -0.25) is 4.79 Å². The zero-order chi connectivity index (χ0) is 23.4. The monoisotopic (exact) mass is 520 g/mol. The van der Waals surface area contributed by atoms with Crippen molar-refractivity contribution in [2.45, 2.75) is 18.9 Å². The molecule has 1 amide bonds. The molecule has 0 spiro atoms. The highest BCUT2D eigenvalue weighted by molar-refractivity contribution is 6.10. The number of hydrogen-bond acceptors (Lipinski definition) is 3. The molecule has 186 valence electrons. The van der Waals surface area contributed by atoms with E-state index in [1.165, 1.54) is 24.3 Å². The van der Waals surface area contributed by atoms with Crippen LogP contribution in [0.5, 0.6) is 0 Å². The quantitative estimate of drug-likeness (QED) is 0.249. The number of amides is 1. The molecule has 1 heterocycles. The highest BCUT2D eigenvalue weighted by Gasteiger charge is 2.20. The first-order valence-corrected chi connectivity index (χ1v) is 10.9. The van der Waals surface area contributed by atoms with E-state index in [1.54, 1.807) is 24.3 Å². The average Bonchev–Trinajstić information content (AvgIpc) is 3.21. The van der Waals surface area contributed by atoms with Crippen LogP contribution in [-0.4, -0.2) is 30.0 Å². The predicted molar refractivity (Wildman–Crippen MR) is 142 cm³/mol. The van der Waals surface area contributed by atoms with E-state index in [1.807, 2.05) is 18.2 Å². The van der Waals surface area contributed by atoms with E-state index in [4.69, 9.17) is 11.5 Å². The topological polar surface area (TPSA) is 96.9 Å². The summed E-state index contributed by atoms with van der Waals surface area (Å²) in [5.74, 6) is -0.961. The summed E-state index contributed by atoms with van der Waals surface area (Å²) in [6.07, 6.45) is 1.51. The van der Waals surface area contributed by atoms with Crippen molar-refractivity contribution in [2.24, 2.45) is 11.5 Å². The van der Waals surface area contributed by atoms with Gasteiger partial charge in [-0.2, -0.15) is 0 Å². The van der Waals surface area contributed by atoms with Crippen LogP contribution in [0.25, 0.3) is 33.2 Å². The first kappa shape index (κ1) is 28.3. The van der Waals surface area contributed by atoms with Crippen molar-refractivity contribution in [3.63, 3.8) is 0 Å². The molecule has 0 bridgehead atoms. The number of aromatic amines is 1. The van der Waals surface area contributed by atoms with Gasteiger partial charge in [0.2, 0.25) is 0 Å². The molecule has 0 aliphatic heterocycles. The van der Waals surface area contributed by atoms with Gasteiger partial charge >= 0.3 is 0 Å². The molecule has 0 saturated carbocycles. The van der Waals surface area contributed by atoms with Crippen molar-refractivity contribution in [2.75, 3.05) is 13.1 Å². The van der Waals surface area contributed by atoms with Crippen LogP contribution in [0.15, 0.2) is 66.7 Å². The van der Waals surface area contributed by atoms with Crippen LogP contribution in [-0.2, 0) is 0 Å². The van der Waals surface area contributed by atoms with Crippen molar-refractivity contribution in [3.05, 3.63) is 84.1 Å². The lowest BCUT2D eigenvalue weighted by atomic mass is 9.98. The van der Waals surface area contributed by atoms with Crippen LogP contribution in [0.1, 0.15) is 23.3 Å². The number of halogens is 4. The highest BCUT2D eigenvalue weighted by Crippen LogP contribution is 2.35. The number of nitrogens with two attached hydrogens (primary N) is 2. The van der Waals surface area contributed by atoms with E-state index in [9.17, 15) is 13.6 Å². The van der Waals surface area contributed by atoms with Crippen molar-refractivity contribution < 1.29 is 13.6 Å². The van der Waals surface area contributed by atoms with Crippen LogP contribution in [0, 0.1) is 11.6 Å². The molecular weight excluding hydrogens is 493 g/mol. The molecule has 0 unspecified atom stereocenters. The minimum absolute atomic E-state index is 0. The third-order valence-electron chi connectivity index (χ3n) is 5.64. The Labute approximate surface area is 215 Å². The molecule has 1 atom stereocenters. The maximum atomic E-state index is 13.6. The lowest BCUT2D eigenvalue weighted by molar-refractivity contribution is 0.0947. The zero-order valence-corrected chi connectivity index (χ0v) is 20.5. The maximum Gasteiger partial charge on any atom is 0.268 e. The summed E-state index contributed by atoms with van der Waals surface area (Å²) in [6, 6.07) is 17.8. The summed E-state index contributed by atoms with van der Waals surface area (Å²) in [5.41, 5.74) is 15.8. The Bertz CT molecular complexity index is 1260. The first-order valence-electron chi connectivity index (χ1n) is 10.9. The Morgan fingerprint density at radius 3 is 2.06 bits per heavy atom. The van der Waals surface area contributed by atoms with E-state index in [0.29, 0.717) is 29.9 Å². The van der Waals surface area contributed by atoms with Gasteiger partial charge in [0.1, 0.15) is 17.3 Å². The van der Waals surface area contributed by atoms with Gasteiger partial charge < -0.3 is 21.8 Å². The van der Waals surface area contributed by atoms with E-state index in [0.717, 1.165) is 34.9 Å². The lowest BCUT2D eigenvalue weighted by Crippen LogP contribution is -2.37. The van der Waals surface area contributed by atoms with Gasteiger partial charge in [-0.05, 0) is 72.5 Å². The maximum absolute atomic E-state index is 13.6. The lowest BCUT2D eigenvalue weighted by Gasteiger charge is -2.12. The van der Waals surface area contributed by atoms with Gasteiger partial charge in [-0.25, -0.2) is 8.78 Å². The SMILES string of the molecule is Cl.Cl.NCCC[C@H](N)CNC(=O)c1[nH]c2ccc(-c3ccc(F)cc3)cc2c1-c1ccc(F)cc1. The van der Waals surface area contributed by atoms with Crippen LogP contribution >= 0.6 is 24.8 Å². The summed E-state index contributed by atoms with van der Waals surface area (Å²) in [4.78, 5) is 16.3. The van der Waals surface area contributed by atoms with Crippen LogP contribution in [0.3, 0.4) is 0 Å². The van der Waals surface area contributed by atoms with Gasteiger partial charge in [0.15, 0.2) is 0 Å². The molecule has 0 aliphatic carbocycles. The molecule has 0 fully saturated rings. The summed E-state index contributed by atoms with van der Waals surface area (Å²) in [6.45, 7) is 0.868. The van der Waals surface area contributed by atoms with Crippen molar-refractivity contribution in [3.8, 4) is 22.3 Å². The second-order valence-corrected chi connectivity index (χ2v) is 8.05. The number of rotatable bonds is 8. The number of aromatic nitrogens is 1. The molecule has 5 nitrogen and oxygen atoms in total. The molecule has 4 aromatic rings. The van der Waals surface area contributed by atoms with Crippen LogP contribution in [0.4, 0.5) is 8.78 Å². The minimum Gasteiger partial charge on any atom is -0.350 e. The largest absolute Gasteiger partial charge is 0.350 e. The van der Waals surface area contributed by atoms with Gasteiger partial charge in [0.25, 0.3) is 5.91 Å². The molecule has 0 saturated heterocycles. The van der Waals surface area contributed by atoms with E-state index in [2.05, 4.69) is 10.3 Å². The molecule has 4 rings (SSSR count). The van der Waals surface area contributed by atoms with E-state index < -0.39 is 0 Å². The van der Waals surface area contributed by atoms with Crippen LogP contribution in [0.2, 0.25) is 0 Å². The zero-order valence-electron chi connectivity index (χ0n) is 18.9. The Balaban J connectivity index is 0.00000216. The molecule has 0 radical (unpaired) electrons. The first-order chi connectivity index (χ1) is 16.0. The number of carbonyl (C=O) groups is 1. The molecule has 6 N–H and O–H groups in total. The second-order valence-electron chi connectivity index (χ2n) is 8.05. The minimum atomic E-state index is -0.359. The fourth-order valence-corrected chi connectivity index (χ4v) is 3.89. The second kappa shape index (κ2) is 12.7. The number of nitrogens with one attached hydrogen (secondary N) is 2. The van der Waals surface area contributed by atoms with Gasteiger partial charge in [0, 0.05) is 29.1 Å². The molecule has 3 aromatic carbocycles. The van der Waals surface area contributed by atoms with Crippen LogP contribution < -0.4 is 16.8 Å². The Hall–Kier alpha value is -2.97. The number of benzene rings is 3. The van der Waals surface area contributed by atoms with E-state index in [-0.39, 0.29) is 48.4 Å². The molecule has 35 heavy (non-hydrogen) atoms. The molecule has 9 heteroatoms. The molecule has 1 aromatic heterocycles. The van der Waals surface area contributed by atoms with Crippen molar-refractivity contribution in [1.29, 1.82) is 0 Å². The fourth-order valence-electron chi connectivity index (χ4n) is 3.89. The summed E-state index contributed by atoms with van der Waals surface area (Å²) >= 11 is 0. The van der Waals surface area contributed by atoms with Gasteiger partial charge in [-0.15, -0.1) is 24.8 Å². The number of hydrogen-bond donors (Lipinski definition) is 4. The Morgan fingerprint density at radius 2 is 1.46 bits per heavy atom. The smallest absolute Gasteiger partial charge is 0.268 e. The average molecular weight is 521 g/mol. The highest BCUT2D eigenvalue weighted by atomic mass is 35.5. The normalized spacial score (nSPS) is 11.4. The summed E-state index contributed by atoms with van der Waals surface area (Å²) < 4.78 is 27.0. The predicted octanol–water partition coefficient (Wildman–Crippen LogP) is 5.42. The number of carbonyl (C=O) groups excluding carboxylic acids is 1. The Kier molecular flexibility index (Phi) is 10.2. The van der Waals surface area contributed by atoms with E-state index >= 15 is 0 Å². The standard InChI is InChI=1S/C26H26F2N4O.2ClH/c27-19-8-3-16(4-9-19)18-7-12-23-22(14-18)24(17-5-10-20(28)11-6-17)25(32-23)26(33)31-15-21(30)2-1-13-29;;/h3-12,14,21,32H,1-2,13,15,29-30H2,(H,31,33);2*1H/t21-;;/m0../s1. The van der Waals surface area contributed by atoms with Gasteiger partial charge in [-0.1, -0.05) is 30.3 Å². The summed E-state index contributed by atoms with van der Waals surface area (Å²) in [7, 11) is 0. The van der Waals surface area contributed by atoms with Gasteiger partial charge in [0.05, 0.1) is 0 Å². The third-order valence-corrected chi connectivity index (χ3v) is 5.64. The third kappa shape index (κ3) is 6.58.